The summed E-state index contributed by atoms with van der Waals surface area (Å²) >= 11 is 0. The Morgan fingerprint density at radius 1 is 1.00 bits per heavy atom. The van der Waals surface area contributed by atoms with Crippen LogP contribution in [0, 0.1) is 0 Å². The number of anilines is 1. The van der Waals surface area contributed by atoms with Gasteiger partial charge in [0.05, 0.1) is 0 Å². The molecule has 0 spiro atoms. The Hall–Kier alpha value is -2.06. The number of guanidine groups is 1. The highest BCUT2D eigenvalue weighted by atomic mass is 127. The Morgan fingerprint density at radius 3 is 2.39 bits per heavy atom. The number of rotatable bonds is 6. The van der Waals surface area contributed by atoms with Crippen LogP contribution >= 0.6 is 24.0 Å². The molecular weight excluding hydrogens is 497 g/mol. The van der Waals surface area contributed by atoms with Crippen LogP contribution in [-0.2, 0) is 13.1 Å². The normalized spacial score (nSPS) is 21.2. The van der Waals surface area contributed by atoms with Crippen LogP contribution in [0.4, 0.5) is 5.69 Å². The smallest absolute Gasteiger partial charge is 0.191 e. The monoisotopic (exact) mass is 531 g/mol. The van der Waals surface area contributed by atoms with Gasteiger partial charge in [0.2, 0.25) is 0 Å². The van der Waals surface area contributed by atoms with Crippen LogP contribution in [-0.4, -0.2) is 49.6 Å². The molecule has 31 heavy (non-hydrogen) atoms. The van der Waals surface area contributed by atoms with Crippen molar-refractivity contribution in [2.24, 2.45) is 4.99 Å². The van der Waals surface area contributed by atoms with E-state index in [-0.39, 0.29) is 24.0 Å². The van der Waals surface area contributed by atoms with Gasteiger partial charge in [0.1, 0.15) is 0 Å². The van der Waals surface area contributed by atoms with Crippen molar-refractivity contribution in [2.75, 3.05) is 31.6 Å². The molecule has 2 aromatic carbocycles. The van der Waals surface area contributed by atoms with Gasteiger partial charge in [-0.1, -0.05) is 54.6 Å². The fourth-order valence-electron chi connectivity index (χ4n) is 4.33. The molecule has 0 bridgehead atoms. The van der Waals surface area contributed by atoms with E-state index in [0.29, 0.717) is 12.1 Å². The van der Waals surface area contributed by atoms with Gasteiger partial charge < -0.3 is 15.5 Å². The maximum absolute atomic E-state index is 4.44. The van der Waals surface area contributed by atoms with E-state index in [0.717, 1.165) is 45.1 Å². The molecule has 5 nitrogen and oxygen atoms in total. The molecule has 2 aromatic rings. The van der Waals surface area contributed by atoms with Gasteiger partial charge in [-0.3, -0.25) is 9.89 Å². The summed E-state index contributed by atoms with van der Waals surface area (Å²) in [7, 11) is 1.85. The van der Waals surface area contributed by atoms with E-state index in [1.807, 2.05) is 7.05 Å². The molecule has 1 saturated heterocycles. The van der Waals surface area contributed by atoms with Crippen LogP contribution in [0.3, 0.4) is 0 Å². The van der Waals surface area contributed by atoms with Crippen molar-refractivity contribution in [1.82, 2.24) is 15.5 Å². The molecule has 2 N–H and O–H groups in total. The average Bonchev–Trinajstić information content (AvgIpc) is 3.43. The zero-order valence-electron chi connectivity index (χ0n) is 18.5. The maximum Gasteiger partial charge on any atom is 0.191 e. The van der Waals surface area contributed by atoms with Crippen molar-refractivity contribution < 1.29 is 0 Å². The third-order valence-electron chi connectivity index (χ3n) is 6.08. The second-order valence-corrected chi connectivity index (χ2v) is 8.31. The van der Waals surface area contributed by atoms with Crippen LogP contribution in [0.25, 0.3) is 0 Å². The third-order valence-corrected chi connectivity index (χ3v) is 6.08. The fourth-order valence-corrected chi connectivity index (χ4v) is 4.33. The molecule has 0 radical (unpaired) electrons. The Bertz CT molecular complexity index is 857. The molecule has 2 atom stereocenters. The Morgan fingerprint density at radius 2 is 1.71 bits per heavy atom. The Balaban J connectivity index is 0.00000272. The highest BCUT2D eigenvalue weighted by Crippen LogP contribution is 2.20. The van der Waals surface area contributed by atoms with Gasteiger partial charge >= 0.3 is 0 Å². The minimum Gasteiger partial charge on any atom is -0.364 e. The molecular formula is C25H34IN5. The van der Waals surface area contributed by atoms with Crippen molar-refractivity contribution in [1.29, 1.82) is 0 Å². The first kappa shape index (κ1) is 23.6. The number of likely N-dealkylation sites (tertiary alicyclic amines) is 1. The molecule has 0 saturated carbocycles. The molecule has 2 heterocycles. The van der Waals surface area contributed by atoms with E-state index in [1.54, 1.807) is 0 Å². The number of aliphatic imine (C=N–C) groups is 1. The standard InChI is InChI=1S/C25H33N5.HI/c1-20-16-23(19-30(20)18-22-8-4-3-5-9-22)28-25(26-2)27-17-21-10-12-24(13-11-21)29-14-6-7-15-29;/h3-13,20,23H,14-19H2,1-2H3,(H2,26,27,28);1H. The van der Waals surface area contributed by atoms with Gasteiger partial charge in [-0.15, -0.1) is 24.0 Å². The average molecular weight is 531 g/mol. The first-order valence-corrected chi connectivity index (χ1v) is 11.0. The maximum atomic E-state index is 4.44. The highest BCUT2D eigenvalue weighted by Gasteiger charge is 2.29. The molecule has 1 fully saturated rings. The summed E-state index contributed by atoms with van der Waals surface area (Å²) in [6.07, 6.45) is 5.57. The number of halogens is 1. The van der Waals surface area contributed by atoms with Crippen LogP contribution < -0.4 is 15.5 Å². The predicted octanol–water partition coefficient (Wildman–Crippen LogP) is 4.01. The number of nitrogens with zero attached hydrogens (tertiary/aromatic N) is 3. The number of hydrogen-bond donors (Lipinski definition) is 2. The minimum atomic E-state index is 0. The predicted molar refractivity (Wildman–Crippen MR) is 141 cm³/mol. The summed E-state index contributed by atoms with van der Waals surface area (Å²) in [5.74, 6) is 0.876. The molecule has 166 valence electrons. The lowest BCUT2D eigenvalue weighted by Crippen LogP contribution is -2.44. The van der Waals surface area contributed by atoms with Gasteiger partial charge in [0, 0.05) is 57.5 Å². The third kappa shape index (κ3) is 6.46. The van der Waals surface area contributed by atoms with Gasteiger partial charge in [-0.2, -0.15) is 0 Å². The van der Waals surface area contributed by atoms with Crippen molar-refractivity contribution >= 4 is 35.6 Å². The van der Waals surface area contributed by atoms with Crippen molar-refractivity contribution in [3.8, 4) is 0 Å². The zero-order valence-corrected chi connectivity index (χ0v) is 20.8. The molecule has 2 aliphatic rings. The molecule has 0 amide bonds. The molecule has 0 aliphatic carbocycles. The van der Waals surface area contributed by atoms with Crippen molar-refractivity contribution in [3.63, 3.8) is 0 Å². The summed E-state index contributed by atoms with van der Waals surface area (Å²) in [5.41, 5.74) is 3.92. The molecule has 6 heteroatoms. The van der Waals surface area contributed by atoms with E-state index in [4.69, 9.17) is 0 Å². The summed E-state index contributed by atoms with van der Waals surface area (Å²) in [6, 6.07) is 20.5. The Kier molecular flexibility index (Phi) is 8.78. The van der Waals surface area contributed by atoms with E-state index < -0.39 is 0 Å². The molecule has 0 aromatic heterocycles. The van der Waals surface area contributed by atoms with Gasteiger partial charge in [0.15, 0.2) is 5.96 Å². The first-order valence-electron chi connectivity index (χ1n) is 11.0. The second-order valence-electron chi connectivity index (χ2n) is 8.31. The number of hydrogen-bond acceptors (Lipinski definition) is 3. The lowest BCUT2D eigenvalue weighted by atomic mass is 10.2. The summed E-state index contributed by atoms with van der Waals surface area (Å²) < 4.78 is 0. The molecule has 4 rings (SSSR count). The highest BCUT2D eigenvalue weighted by molar-refractivity contribution is 14.0. The van der Waals surface area contributed by atoms with E-state index >= 15 is 0 Å². The lowest BCUT2D eigenvalue weighted by Gasteiger charge is -2.21. The topological polar surface area (TPSA) is 42.9 Å². The van der Waals surface area contributed by atoms with Crippen LogP contribution in [0.1, 0.15) is 24.5 Å². The first-order chi connectivity index (χ1) is 14.7. The minimum absolute atomic E-state index is 0. The Labute approximate surface area is 203 Å². The van der Waals surface area contributed by atoms with E-state index in [1.165, 1.54) is 16.8 Å². The van der Waals surface area contributed by atoms with Crippen molar-refractivity contribution in [2.45, 2.75) is 38.5 Å². The van der Waals surface area contributed by atoms with Crippen LogP contribution in [0.15, 0.2) is 71.7 Å². The van der Waals surface area contributed by atoms with Gasteiger partial charge in [0.25, 0.3) is 0 Å². The van der Waals surface area contributed by atoms with E-state index in [2.05, 4.69) is 99.1 Å². The molecule has 2 aliphatic heterocycles. The number of nitrogens with one attached hydrogen (secondary N) is 2. The number of benzene rings is 2. The molecule has 2 unspecified atom stereocenters. The van der Waals surface area contributed by atoms with Crippen molar-refractivity contribution in [3.05, 3.63) is 77.9 Å². The summed E-state index contributed by atoms with van der Waals surface area (Å²) in [5, 5.41) is 7.09. The quantitative estimate of drug-likeness (QED) is 0.256. The van der Waals surface area contributed by atoms with Crippen LogP contribution in [0.2, 0.25) is 0 Å². The van der Waals surface area contributed by atoms with Gasteiger partial charge in [-0.25, -0.2) is 0 Å². The zero-order chi connectivity index (χ0) is 20.8. The summed E-state index contributed by atoms with van der Waals surface area (Å²) in [4.78, 5) is 9.35. The van der Waals surface area contributed by atoms with E-state index in [9.17, 15) is 0 Å². The largest absolute Gasteiger partial charge is 0.364 e. The SMILES string of the molecule is CN=C(NCc1ccc(N2CC=CC2)cc1)NC1CC(C)N(Cc2ccccc2)C1.I. The summed E-state index contributed by atoms with van der Waals surface area (Å²) in [6.45, 7) is 7.15. The fraction of sp³-hybridized carbons (Fsp3) is 0.400. The van der Waals surface area contributed by atoms with Crippen LogP contribution in [0.5, 0.6) is 0 Å². The lowest BCUT2D eigenvalue weighted by molar-refractivity contribution is 0.258. The second kappa shape index (κ2) is 11.5. The van der Waals surface area contributed by atoms with Gasteiger partial charge in [-0.05, 0) is 36.6 Å².